The van der Waals surface area contributed by atoms with Crippen LogP contribution in [0.1, 0.15) is 232 Å². The molecule has 0 fully saturated rings. The lowest BCUT2D eigenvalue weighted by Crippen LogP contribution is -2.37. The number of nitrogens with zero attached hydrogens (tertiary/aromatic N) is 1. The third-order valence-corrected chi connectivity index (χ3v) is 11.8. The van der Waals surface area contributed by atoms with Crippen LogP contribution in [0, 0.1) is 0 Å². The Kier molecular flexibility index (Phi) is 40.2. The van der Waals surface area contributed by atoms with E-state index in [1.54, 1.807) is 0 Å². The summed E-state index contributed by atoms with van der Waals surface area (Å²) in [5.41, 5.74) is 0. The van der Waals surface area contributed by atoms with Gasteiger partial charge < -0.3 is 18.9 Å². The fourth-order valence-electron chi connectivity index (χ4n) is 6.95. The van der Waals surface area contributed by atoms with E-state index in [0.29, 0.717) is 23.9 Å². The van der Waals surface area contributed by atoms with Gasteiger partial charge in [-0.05, 0) is 38.5 Å². The van der Waals surface area contributed by atoms with Gasteiger partial charge in [-0.25, -0.2) is 4.57 Å². The summed E-state index contributed by atoms with van der Waals surface area (Å²) in [6.45, 7) is 4.44. The molecule has 10 heteroatoms. The van der Waals surface area contributed by atoms with Gasteiger partial charge in [0.05, 0.1) is 27.7 Å². The van der Waals surface area contributed by atoms with Crippen molar-refractivity contribution >= 4 is 19.8 Å². The molecule has 0 aliphatic heterocycles. The van der Waals surface area contributed by atoms with Crippen molar-refractivity contribution in [3.8, 4) is 0 Å². The van der Waals surface area contributed by atoms with Gasteiger partial charge in [-0.15, -0.1) is 0 Å². The van der Waals surface area contributed by atoms with Crippen LogP contribution in [-0.4, -0.2) is 74.9 Å². The zero-order valence-electron chi connectivity index (χ0n) is 38.8. The van der Waals surface area contributed by atoms with Crippen molar-refractivity contribution in [1.82, 2.24) is 0 Å². The zero-order chi connectivity index (χ0) is 42.8. The van der Waals surface area contributed by atoms with Crippen molar-refractivity contribution in [3.05, 3.63) is 12.2 Å². The van der Waals surface area contributed by atoms with Crippen molar-refractivity contribution in [2.45, 2.75) is 238 Å². The molecule has 0 aromatic carbocycles. The highest BCUT2D eigenvalue weighted by molar-refractivity contribution is 7.47. The van der Waals surface area contributed by atoms with Crippen LogP contribution in [0.3, 0.4) is 0 Å². The monoisotopic (exact) mass is 845 g/mol. The van der Waals surface area contributed by atoms with E-state index in [2.05, 4.69) is 26.0 Å². The SMILES string of the molecule is CCCCCCCCCCC/C=C\CCCCC(=O)O[C@H](COC(=O)CCCCCCCCCCCCCCCCCCCCC)COP(=O)(O)OCC[N+](C)(C)C. The molecule has 0 radical (unpaired) electrons. The first-order valence-corrected chi connectivity index (χ1v) is 25.9. The standard InChI is InChI=1S/C48H94NO8P/c1-6-8-10-12-14-16-18-20-22-23-24-25-27-28-30-32-34-36-38-40-47(50)54-44-46(45-56-58(52,53)55-43-42-49(3,4)5)57-48(51)41-39-37-35-33-31-29-26-21-19-17-15-13-11-9-7-2/h31,33,46H,6-30,32,34-45H2,1-5H3/p+1/b33-31-/t46-/m1/s1. The van der Waals surface area contributed by atoms with Gasteiger partial charge in [-0.1, -0.05) is 193 Å². The number of ether oxygens (including phenoxy) is 2. The van der Waals surface area contributed by atoms with E-state index in [1.807, 2.05) is 21.1 Å². The molecule has 0 spiro atoms. The Bertz CT molecular complexity index is 1000. The Hall–Kier alpha value is -1.25. The minimum absolute atomic E-state index is 0.0315. The number of phosphoric ester groups is 1. The van der Waals surface area contributed by atoms with E-state index in [0.717, 1.165) is 38.5 Å². The predicted octanol–water partition coefficient (Wildman–Crippen LogP) is 14.1. The van der Waals surface area contributed by atoms with Gasteiger partial charge >= 0.3 is 19.8 Å². The van der Waals surface area contributed by atoms with Crippen molar-refractivity contribution in [2.75, 3.05) is 47.5 Å². The summed E-state index contributed by atoms with van der Waals surface area (Å²) in [5.74, 6) is -0.811. The third kappa shape index (κ3) is 44.3. The average Bonchev–Trinajstić information content (AvgIpc) is 3.17. The third-order valence-electron chi connectivity index (χ3n) is 10.8. The first kappa shape index (κ1) is 56.8. The van der Waals surface area contributed by atoms with Gasteiger partial charge in [-0.3, -0.25) is 18.6 Å². The highest BCUT2D eigenvalue weighted by Crippen LogP contribution is 2.43. The molecule has 1 N–H and O–H groups in total. The molecule has 344 valence electrons. The minimum Gasteiger partial charge on any atom is -0.462 e. The maximum Gasteiger partial charge on any atom is 0.472 e. The second kappa shape index (κ2) is 41.1. The van der Waals surface area contributed by atoms with Crippen LogP contribution in [0.5, 0.6) is 0 Å². The van der Waals surface area contributed by atoms with E-state index in [4.69, 9.17) is 18.5 Å². The Balaban J connectivity index is 4.26. The number of hydrogen-bond acceptors (Lipinski definition) is 7. The van der Waals surface area contributed by atoms with E-state index < -0.39 is 26.5 Å². The lowest BCUT2D eigenvalue weighted by Gasteiger charge is -2.24. The summed E-state index contributed by atoms with van der Waals surface area (Å²) >= 11 is 0. The van der Waals surface area contributed by atoms with Gasteiger partial charge in [-0.2, -0.15) is 0 Å². The first-order chi connectivity index (χ1) is 28.0. The van der Waals surface area contributed by atoms with Crippen LogP contribution in [0.15, 0.2) is 12.2 Å². The second-order valence-electron chi connectivity index (χ2n) is 17.9. The molecule has 9 nitrogen and oxygen atoms in total. The van der Waals surface area contributed by atoms with E-state index in [1.165, 1.54) is 161 Å². The molecule has 0 rings (SSSR count). The number of phosphoric acid groups is 1. The molecular formula is C48H95NO8P+. The number of allylic oxidation sites excluding steroid dienone is 2. The van der Waals surface area contributed by atoms with Gasteiger partial charge in [0.1, 0.15) is 19.8 Å². The lowest BCUT2D eigenvalue weighted by molar-refractivity contribution is -0.870. The molecular weight excluding hydrogens is 750 g/mol. The quantitative estimate of drug-likeness (QED) is 0.0212. The normalized spacial score (nSPS) is 13.6. The summed E-state index contributed by atoms with van der Waals surface area (Å²) in [4.78, 5) is 35.4. The largest absolute Gasteiger partial charge is 0.472 e. The summed E-state index contributed by atoms with van der Waals surface area (Å²) in [5, 5.41) is 0. The van der Waals surface area contributed by atoms with Gasteiger partial charge in [0.15, 0.2) is 6.10 Å². The Morgan fingerprint density at radius 1 is 0.517 bits per heavy atom. The highest BCUT2D eigenvalue weighted by atomic mass is 31.2. The van der Waals surface area contributed by atoms with Gasteiger partial charge in [0.2, 0.25) is 0 Å². The number of unbranched alkanes of at least 4 members (excludes halogenated alkanes) is 29. The molecule has 1 unspecified atom stereocenters. The molecule has 0 bridgehead atoms. The van der Waals surface area contributed by atoms with E-state index in [9.17, 15) is 19.0 Å². The fourth-order valence-corrected chi connectivity index (χ4v) is 7.69. The topological polar surface area (TPSA) is 108 Å². The number of rotatable bonds is 45. The maximum atomic E-state index is 12.7. The molecule has 0 saturated heterocycles. The first-order valence-electron chi connectivity index (χ1n) is 24.4. The number of quaternary nitrogens is 1. The van der Waals surface area contributed by atoms with Crippen LogP contribution in [-0.2, 0) is 32.7 Å². The molecule has 0 heterocycles. The Morgan fingerprint density at radius 2 is 0.879 bits per heavy atom. The molecule has 58 heavy (non-hydrogen) atoms. The van der Waals surface area contributed by atoms with Crippen molar-refractivity contribution in [1.29, 1.82) is 0 Å². The molecule has 0 aliphatic carbocycles. The number of likely N-dealkylation sites (N-methyl/N-ethyl adjacent to an activating group) is 1. The molecule has 2 atom stereocenters. The number of hydrogen-bond donors (Lipinski definition) is 1. The van der Waals surface area contributed by atoms with Crippen LogP contribution < -0.4 is 0 Å². The van der Waals surface area contributed by atoms with Crippen LogP contribution >= 0.6 is 7.82 Å². The smallest absolute Gasteiger partial charge is 0.462 e. The number of esters is 2. The number of carbonyl (C=O) groups excluding carboxylic acids is 2. The summed E-state index contributed by atoms with van der Waals surface area (Å²) in [7, 11) is 1.48. The molecule has 0 aliphatic rings. The molecule has 0 amide bonds. The van der Waals surface area contributed by atoms with E-state index in [-0.39, 0.29) is 25.6 Å². The zero-order valence-corrected chi connectivity index (χ0v) is 39.7. The van der Waals surface area contributed by atoms with Crippen molar-refractivity contribution in [2.24, 2.45) is 0 Å². The molecule has 0 aromatic rings. The Morgan fingerprint density at radius 3 is 1.31 bits per heavy atom. The van der Waals surface area contributed by atoms with Gasteiger partial charge in [0.25, 0.3) is 0 Å². The Labute approximate surface area is 358 Å². The summed E-state index contributed by atoms with van der Waals surface area (Å²) in [6, 6.07) is 0. The highest BCUT2D eigenvalue weighted by Gasteiger charge is 2.27. The average molecular weight is 845 g/mol. The van der Waals surface area contributed by atoms with Crippen LogP contribution in [0.4, 0.5) is 0 Å². The van der Waals surface area contributed by atoms with Crippen molar-refractivity contribution < 1.29 is 42.1 Å². The minimum atomic E-state index is -4.38. The van der Waals surface area contributed by atoms with Gasteiger partial charge in [0, 0.05) is 12.8 Å². The van der Waals surface area contributed by atoms with Crippen molar-refractivity contribution in [3.63, 3.8) is 0 Å². The second-order valence-corrected chi connectivity index (χ2v) is 19.3. The molecule has 0 saturated carbocycles. The maximum absolute atomic E-state index is 12.7. The molecule has 0 aromatic heterocycles. The number of carbonyl (C=O) groups is 2. The fraction of sp³-hybridized carbons (Fsp3) is 0.917. The van der Waals surface area contributed by atoms with Crippen LogP contribution in [0.25, 0.3) is 0 Å². The van der Waals surface area contributed by atoms with E-state index >= 15 is 0 Å². The summed E-state index contributed by atoms with van der Waals surface area (Å²) in [6.07, 6.45) is 44.1. The summed E-state index contributed by atoms with van der Waals surface area (Å²) < 4.78 is 34.4. The van der Waals surface area contributed by atoms with Crippen LogP contribution in [0.2, 0.25) is 0 Å². The predicted molar refractivity (Wildman–Crippen MR) is 243 cm³/mol. The lowest BCUT2D eigenvalue weighted by atomic mass is 10.0.